The Morgan fingerprint density at radius 1 is 0.308 bits per heavy atom. The maximum atomic E-state index is 12.8. The van der Waals surface area contributed by atoms with Crippen molar-refractivity contribution < 1.29 is 28.6 Å². The number of rotatable bonds is 50. The van der Waals surface area contributed by atoms with Gasteiger partial charge in [0.05, 0.1) is 0 Å². The lowest BCUT2D eigenvalue weighted by molar-refractivity contribution is -0.167. The lowest BCUT2D eigenvalue weighted by Crippen LogP contribution is -2.30. The van der Waals surface area contributed by atoms with E-state index in [0.29, 0.717) is 19.3 Å². The molecular formula is C59H104O6. The number of carbonyl (C=O) groups excluding carboxylic acids is 3. The van der Waals surface area contributed by atoms with Crippen LogP contribution in [0.25, 0.3) is 0 Å². The van der Waals surface area contributed by atoms with Crippen molar-refractivity contribution in [1.82, 2.24) is 0 Å². The fourth-order valence-corrected chi connectivity index (χ4v) is 7.73. The standard InChI is InChI=1S/C59H104O6/c1-4-7-10-13-16-19-22-25-28-31-34-37-40-43-46-49-52-58(61)64-55-56(54-63-57(60)51-48-45-42-39-36-33-30-27-24-21-18-15-12-9-6-3)65-59(62)53-50-47-44-41-38-35-32-29-26-23-20-17-14-11-8-5-2/h18,21,27-32,36,39,56H,4-17,19-20,22-26,33-35,37-38,40-55H2,1-3H3/b21-18-,30-27-,31-28-,32-29-,39-36-/t56-/m1/s1. The molecule has 0 aromatic rings. The van der Waals surface area contributed by atoms with Crippen molar-refractivity contribution in [3.05, 3.63) is 60.8 Å². The molecule has 0 saturated carbocycles. The molecule has 0 bridgehead atoms. The van der Waals surface area contributed by atoms with Crippen LogP contribution < -0.4 is 0 Å². The van der Waals surface area contributed by atoms with Gasteiger partial charge in [-0.25, -0.2) is 0 Å². The van der Waals surface area contributed by atoms with Crippen LogP contribution in [-0.4, -0.2) is 37.2 Å². The normalized spacial score (nSPS) is 12.5. The first-order valence-corrected chi connectivity index (χ1v) is 27.8. The molecule has 0 unspecified atom stereocenters. The van der Waals surface area contributed by atoms with E-state index >= 15 is 0 Å². The van der Waals surface area contributed by atoms with Crippen molar-refractivity contribution in [1.29, 1.82) is 0 Å². The SMILES string of the molecule is CCCCC/C=C\C/C=C\C/C=C\CCCCC(=O)OC[C@H](COC(=O)CCCCCCC/C=C\CCCCCCCCC)OC(=O)CCCCCCC/C=C\CCCCCCCCC. The van der Waals surface area contributed by atoms with Crippen LogP contribution >= 0.6 is 0 Å². The van der Waals surface area contributed by atoms with Crippen LogP contribution in [0.2, 0.25) is 0 Å². The minimum atomic E-state index is -0.797. The second kappa shape index (κ2) is 53.7. The summed E-state index contributed by atoms with van der Waals surface area (Å²) in [5.74, 6) is -0.941. The Bertz CT molecular complexity index is 1180. The lowest BCUT2D eigenvalue weighted by Gasteiger charge is -2.18. The number of unbranched alkanes of at least 4 members (excludes halogenated alkanes) is 29. The summed E-state index contributed by atoms with van der Waals surface area (Å²) >= 11 is 0. The summed E-state index contributed by atoms with van der Waals surface area (Å²) in [5.41, 5.74) is 0. The van der Waals surface area contributed by atoms with Crippen molar-refractivity contribution in [2.75, 3.05) is 13.2 Å². The zero-order valence-electron chi connectivity index (χ0n) is 43.0. The molecular weight excluding hydrogens is 805 g/mol. The summed E-state index contributed by atoms with van der Waals surface area (Å²) in [6.07, 6.45) is 66.3. The summed E-state index contributed by atoms with van der Waals surface area (Å²) in [7, 11) is 0. The fourth-order valence-electron chi connectivity index (χ4n) is 7.73. The van der Waals surface area contributed by atoms with E-state index in [2.05, 4.69) is 81.5 Å². The quantitative estimate of drug-likeness (QED) is 0.0262. The molecule has 0 fully saturated rings. The molecule has 0 heterocycles. The van der Waals surface area contributed by atoms with E-state index in [1.165, 1.54) is 148 Å². The zero-order chi connectivity index (χ0) is 47.2. The summed E-state index contributed by atoms with van der Waals surface area (Å²) in [4.78, 5) is 38.1. The second-order valence-corrected chi connectivity index (χ2v) is 18.5. The van der Waals surface area contributed by atoms with Crippen molar-refractivity contribution in [3.63, 3.8) is 0 Å². The third-order valence-corrected chi connectivity index (χ3v) is 12.0. The zero-order valence-corrected chi connectivity index (χ0v) is 43.0. The van der Waals surface area contributed by atoms with Gasteiger partial charge in [0.25, 0.3) is 0 Å². The van der Waals surface area contributed by atoms with Gasteiger partial charge in [0, 0.05) is 19.3 Å². The van der Waals surface area contributed by atoms with Crippen molar-refractivity contribution >= 4 is 17.9 Å². The first-order chi connectivity index (χ1) is 32.0. The summed E-state index contributed by atoms with van der Waals surface area (Å²) < 4.78 is 16.8. The number of ether oxygens (including phenoxy) is 3. The van der Waals surface area contributed by atoms with Gasteiger partial charge in [-0.3, -0.25) is 14.4 Å². The van der Waals surface area contributed by atoms with Crippen LogP contribution in [0, 0.1) is 0 Å². The first kappa shape index (κ1) is 62.1. The molecule has 0 aliphatic carbocycles. The molecule has 0 saturated heterocycles. The Labute approximate surface area is 402 Å². The van der Waals surface area contributed by atoms with Crippen LogP contribution in [0.1, 0.15) is 278 Å². The Morgan fingerprint density at radius 2 is 0.554 bits per heavy atom. The van der Waals surface area contributed by atoms with Crippen LogP contribution in [0.15, 0.2) is 60.8 Å². The Kier molecular flexibility index (Phi) is 51.3. The van der Waals surface area contributed by atoms with Gasteiger partial charge >= 0.3 is 17.9 Å². The molecule has 0 aliphatic rings. The smallest absolute Gasteiger partial charge is 0.306 e. The predicted molar refractivity (Wildman–Crippen MR) is 279 cm³/mol. The van der Waals surface area contributed by atoms with Gasteiger partial charge in [-0.15, -0.1) is 0 Å². The van der Waals surface area contributed by atoms with Gasteiger partial charge in [-0.1, -0.05) is 210 Å². The fraction of sp³-hybridized carbons (Fsp3) is 0.780. The van der Waals surface area contributed by atoms with Gasteiger partial charge in [-0.2, -0.15) is 0 Å². The van der Waals surface area contributed by atoms with Gasteiger partial charge in [0.15, 0.2) is 6.10 Å². The molecule has 6 heteroatoms. The molecule has 0 aromatic heterocycles. The maximum Gasteiger partial charge on any atom is 0.306 e. The highest BCUT2D eigenvalue weighted by Crippen LogP contribution is 2.14. The van der Waals surface area contributed by atoms with Gasteiger partial charge in [-0.05, 0) is 109 Å². The molecule has 0 aliphatic heterocycles. The maximum absolute atomic E-state index is 12.8. The summed E-state index contributed by atoms with van der Waals surface area (Å²) in [6, 6.07) is 0. The average Bonchev–Trinajstić information content (AvgIpc) is 3.30. The average molecular weight is 909 g/mol. The highest BCUT2D eigenvalue weighted by Gasteiger charge is 2.19. The van der Waals surface area contributed by atoms with E-state index < -0.39 is 6.10 Å². The third kappa shape index (κ3) is 51.9. The van der Waals surface area contributed by atoms with E-state index in [1.807, 2.05) is 0 Å². The molecule has 65 heavy (non-hydrogen) atoms. The highest BCUT2D eigenvalue weighted by atomic mass is 16.6. The largest absolute Gasteiger partial charge is 0.462 e. The van der Waals surface area contributed by atoms with E-state index in [4.69, 9.17) is 14.2 Å². The number of esters is 3. The van der Waals surface area contributed by atoms with Gasteiger partial charge < -0.3 is 14.2 Å². The molecule has 0 aromatic carbocycles. The van der Waals surface area contributed by atoms with Crippen LogP contribution in [0.3, 0.4) is 0 Å². The minimum absolute atomic E-state index is 0.0932. The van der Waals surface area contributed by atoms with Crippen LogP contribution in [0.5, 0.6) is 0 Å². The summed E-state index contributed by atoms with van der Waals surface area (Å²) in [6.45, 7) is 6.57. The number of allylic oxidation sites excluding steroid dienone is 10. The third-order valence-electron chi connectivity index (χ3n) is 12.0. The molecule has 0 N–H and O–H groups in total. The molecule has 0 rings (SSSR count). The van der Waals surface area contributed by atoms with E-state index in [-0.39, 0.29) is 31.1 Å². The van der Waals surface area contributed by atoms with Crippen LogP contribution in [0.4, 0.5) is 0 Å². The van der Waals surface area contributed by atoms with Crippen LogP contribution in [-0.2, 0) is 28.6 Å². The second-order valence-electron chi connectivity index (χ2n) is 18.5. The minimum Gasteiger partial charge on any atom is -0.462 e. The van der Waals surface area contributed by atoms with E-state index in [0.717, 1.165) is 89.9 Å². The Balaban J connectivity index is 4.45. The predicted octanol–water partition coefficient (Wildman–Crippen LogP) is 18.4. The van der Waals surface area contributed by atoms with Gasteiger partial charge in [0.2, 0.25) is 0 Å². The van der Waals surface area contributed by atoms with E-state index in [9.17, 15) is 14.4 Å². The molecule has 0 spiro atoms. The first-order valence-electron chi connectivity index (χ1n) is 27.8. The Hall–Kier alpha value is -2.89. The number of hydrogen-bond donors (Lipinski definition) is 0. The lowest BCUT2D eigenvalue weighted by atomic mass is 10.1. The topological polar surface area (TPSA) is 78.9 Å². The van der Waals surface area contributed by atoms with Crippen molar-refractivity contribution in [3.8, 4) is 0 Å². The summed E-state index contributed by atoms with van der Waals surface area (Å²) in [5, 5.41) is 0. The van der Waals surface area contributed by atoms with Gasteiger partial charge in [0.1, 0.15) is 13.2 Å². The molecule has 376 valence electrons. The molecule has 1 atom stereocenters. The van der Waals surface area contributed by atoms with E-state index in [1.54, 1.807) is 0 Å². The van der Waals surface area contributed by atoms with Crippen molar-refractivity contribution in [2.24, 2.45) is 0 Å². The highest BCUT2D eigenvalue weighted by molar-refractivity contribution is 5.71. The number of hydrogen-bond acceptors (Lipinski definition) is 6. The molecule has 0 radical (unpaired) electrons. The Morgan fingerprint density at radius 3 is 0.938 bits per heavy atom. The molecule has 0 amide bonds. The molecule has 6 nitrogen and oxygen atoms in total. The monoisotopic (exact) mass is 909 g/mol. The number of carbonyl (C=O) groups is 3. The van der Waals surface area contributed by atoms with Crippen molar-refractivity contribution in [2.45, 2.75) is 284 Å².